The van der Waals surface area contributed by atoms with Crippen LogP contribution in [-0.4, -0.2) is 82.8 Å². The third-order valence-electron chi connectivity index (χ3n) is 6.42. The van der Waals surface area contributed by atoms with Crippen molar-refractivity contribution in [2.24, 2.45) is 0 Å². The lowest BCUT2D eigenvalue weighted by molar-refractivity contribution is -0.148. The zero-order valence-corrected chi connectivity index (χ0v) is 16.9. The number of hydrazine groups is 1. The van der Waals surface area contributed by atoms with Gasteiger partial charge in [0, 0.05) is 38.9 Å². The van der Waals surface area contributed by atoms with Crippen molar-refractivity contribution in [3.05, 3.63) is 17.7 Å². The predicted octanol–water partition coefficient (Wildman–Crippen LogP) is -0.917. The van der Waals surface area contributed by atoms with E-state index in [1.807, 2.05) is 9.80 Å². The van der Waals surface area contributed by atoms with Crippen LogP contribution in [0, 0.1) is 0 Å². The molecule has 2 amide bonds. The number of aromatic amines is 1. The van der Waals surface area contributed by atoms with Crippen LogP contribution in [0.1, 0.15) is 37.6 Å². The lowest BCUT2D eigenvalue weighted by atomic mass is 9.78. The highest BCUT2D eigenvalue weighted by atomic mass is 16.5. The molecular weight excluding hydrogens is 376 g/mol. The van der Waals surface area contributed by atoms with Crippen LogP contribution in [0.25, 0.3) is 0 Å². The highest BCUT2D eigenvalue weighted by Gasteiger charge is 2.49. The number of piperidine rings is 1. The smallest absolute Gasteiger partial charge is 0.249 e. The van der Waals surface area contributed by atoms with Crippen LogP contribution in [0.3, 0.4) is 0 Å². The maximum Gasteiger partial charge on any atom is 0.249 e. The van der Waals surface area contributed by atoms with E-state index >= 15 is 0 Å². The summed E-state index contributed by atoms with van der Waals surface area (Å²) in [6, 6.07) is -0.733. The Morgan fingerprint density at radius 1 is 1.21 bits per heavy atom. The number of fused-ring (bicyclic) bond motifs is 2. The first-order valence-electron chi connectivity index (χ1n) is 10.1. The van der Waals surface area contributed by atoms with Crippen molar-refractivity contribution < 1.29 is 19.1 Å². The Hall–Kier alpha value is -2.30. The number of methoxy groups -OCH3 is 1. The van der Waals surface area contributed by atoms with E-state index in [4.69, 9.17) is 4.74 Å². The number of aromatic nitrogens is 2. The number of Topliss-reactive ketones (excluding diaryl/α,β-unsaturated/α-hetero) is 1. The van der Waals surface area contributed by atoms with Gasteiger partial charge in [-0.1, -0.05) is 0 Å². The number of carbonyl (C=O) groups is 3. The minimum Gasteiger partial charge on any atom is -0.375 e. The van der Waals surface area contributed by atoms with Crippen LogP contribution >= 0.6 is 0 Å². The molecule has 29 heavy (non-hydrogen) atoms. The third kappa shape index (κ3) is 3.45. The van der Waals surface area contributed by atoms with Gasteiger partial charge >= 0.3 is 0 Å². The molecule has 1 aromatic rings. The van der Waals surface area contributed by atoms with Crippen molar-refractivity contribution in [1.29, 1.82) is 0 Å². The monoisotopic (exact) mass is 404 g/mol. The first-order valence-corrected chi connectivity index (χ1v) is 10.1. The number of nitrogens with one attached hydrogen (secondary N) is 3. The molecule has 4 rings (SSSR count). The molecule has 2 saturated heterocycles. The molecule has 1 aromatic heterocycles. The van der Waals surface area contributed by atoms with E-state index in [0.717, 1.165) is 17.8 Å². The van der Waals surface area contributed by atoms with Gasteiger partial charge in [-0.15, -0.1) is 0 Å². The van der Waals surface area contributed by atoms with E-state index in [9.17, 15) is 14.4 Å². The van der Waals surface area contributed by atoms with E-state index in [1.165, 1.54) is 14.0 Å². The van der Waals surface area contributed by atoms with Gasteiger partial charge in [0.05, 0.1) is 23.6 Å². The summed E-state index contributed by atoms with van der Waals surface area (Å²) in [5, 5.41) is 0. The lowest BCUT2D eigenvalue weighted by Gasteiger charge is -2.50. The van der Waals surface area contributed by atoms with Gasteiger partial charge in [-0.05, 0) is 26.2 Å². The highest BCUT2D eigenvalue weighted by Crippen LogP contribution is 2.42. The Morgan fingerprint density at radius 2 is 1.93 bits per heavy atom. The molecule has 0 saturated carbocycles. The van der Waals surface area contributed by atoms with Crippen molar-refractivity contribution in [3.63, 3.8) is 0 Å². The molecule has 0 aromatic carbocycles. The highest BCUT2D eigenvalue weighted by molar-refractivity contribution is 5.86. The van der Waals surface area contributed by atoms with Gasteiger partial charge in [0.2, 0.25) is 11.8 Å². The summed E-state index contributed by atoms with van der Waals surface area (Å²) in [6.07, 6.45) is 4.13. The second-order valence-electron chi connectivity index (χ2n) is 8.06. The van der Waals surface area contributed by atoms with E-state index in [0.29, 0.717) is 38.9 Å². The maximum absolute atomic E-state index is 12.9. The maximum atomic E-state index is 12.9. The second-order valence-corrected chi connectivity index (χ2v) is 8.06. The number of imidazole rings is 1. The molecule has 0 bridgehead atoms. The number of hydrogen-bond acceptors (Lipinski definition) is 7. The molecule has 10 nitrogen and oxygen atoms in total. The normalized spacial score (nSPS) is 25.9. The fraction of sp³-hybridized carbons (Fsp3) is 0.684. The molecule has 4 heterocycles. The van der Waals surface area contributed by atoms with Crippen LogP contribution in [0.4, 0.5) is 0 Å². The summed E-state index contributed by atoms with van der Waals surface area (Å²) in [4.78, 5) is 48.7. The fourth-order valence-electron chi connectivity index (χ4n) is 4.85. The molecular formula is C19H28N6O4. The number of hydrogen-bond donors (Lipinski definition) is 3. The minimum absolute atomic E-state index is 0.0103. The molecule has 3 N–H and O–H groups in total. The first-order chi connectivity index (χ1) is 14.0. The molecule has 0 radical (unpaired) electrons. The Balaban J connectivity index is 1.49. The van der Waals surface area contributed by atoms with Gasteiger partial charge in [0.1, 0.15) is 18.4 Å². The summed E-state index contributed by atoms with van der Waals surface area (Å²) < 4.78 is 5.09. The molecule has 3 aliphatic rings. The van der Waals surface area contributed by atoms with Crippen molar-refractivity contribution in [2.45, 2.75) is 50.2 Å². The van der Waals surface area contributed by atoms with Crippen LogP contribution < -0.4 is 10.9 Å². The van der Waals surface area contributed by atoms with Crippen LogP contribution in [-0.2, 0) is 31.1 Å². The van der Waals surface area contributed by atoms with E-state index in [2.05, 4.69) is 20.8 Å². The number of rotatable bonds is 4. The minimum atomic E-state index is -0.511. The first kappa shape index (κ1) is 20.0. The summed E-state index contributed by atoms with van der Waals surface area (Å²) in [5.41, 5.74) is 7.32. The van der Waals surface area contributed by atoms with Crippen LogP contribution in [0.15, 0.2) is 6.33 Å². The van der Waals surface area contributed by atoms with Crippen LogP contribution in [0.2, 0.25) is 0 Å². The lowest BCUT2D eigenvalue weighted by Crippen LogP contribution is -2.60. The Bertz CT molecular complexity index is 800. The quantitative estimate of drug-likeness (QED) is 0.594. The number of carbonyl (C=O) groups excluding carboxylic acids is 3. The average Bonchev–Trinajstić information content (AvgIpc) is 3.39. The van der Waals surface area contributed by atoms with Gasteiger partial charge in [-0.2, -0.15) is 0 Å². The van der Waals surface area contributed by atoms with E-state index in [1.54, 1.807) is 6.33 Å². The molecule has 3 aliphatic heterocycles. The number of likely N-dealkylation sites (tertiary alicyclic amines) is 1. The number of ether oxygens (including phenoxy) is 1. The van der Waals surface area contributed by atoms with Crippen molar-refractivity contribution in [2.75, 3.05) is 33.4 Å². The van der Waals surface area contributed by atoms with Crippen molar-refractivity contribution in [3.8, 4) is 0 Å². The molecule has 1 spiro atoms. The van der Waals surface area contributed by atoms with Crippen molar-refractivity contribution >= 4 is 17.6 Å². The topological polar surface area (TPSA) is 120 Å². The third-order valence-corrected chi connectivity index (χ3v) is 6.42. The van der Waals surface area contributed by atoms with Crippen LogP contribution in [0.5, 0.6) is 0 Å². The summed E-state index contributed by atoms with van der Waals surface area (Å²) in [5.74, 6) is -0.0400. The molecule has 2 unspecified atom stereocenters. The number of nitrogens with zero attached hydrogens (tertiary/aromatic N) is 3. The van der Waals surface area contributed by atoms with Gasteiger partial charge < -0.3 is 19.5 Å². The van der Waals surface area contributed by atoms with Gasteiger partial charge in [0.25, 0.3) is 0 Å². The SMILES string of the molecule is COCC(=O)N1CCc2[nH]cnc2C12CCN(C(=O)C1CC(C(C)=O)NN1)CC2. The Kier molecular flexibility index (Phi) is 5.41. The number of amides is 2. The van der Waals surface area contributed by atoms with Gasteiger partial charge in [-0.25, -0.2) is 15.8 Å². The van der Waals surface area contributed by atoms with Gasteiger partial charge in [0.15, 0.2) is 0 Å². The molecule has 2 atom stereocenters. The van der Waals surface area contributed by atoms with E-state index < -0.39 is 11.6 Å². The van der Waals surface area contributed by atoms with E-state index in [-0.39, 0.29) is 30.2 Å². The Labute approximate surface area is 169 Å². The molecule has 2 fully saturated rings. The zero-order valence-electron chi connectivity index (χ0n) is 16.9. The zero-order chi connectivity index (χ0) is 20.6. The molecule has 10 heteroatoms. The summed E-state index contributed by atoms with van der Waals surface area (Å²) >= 11 is 0. The summed E-state index contributed by atoms with van der Waals surface area (Å²) in [6.45, 7) is 3.23. The molecule has 0 aliphatic carbocycles. The standard InChI is InChI=1S/C19H28N6O4/c1-12(26)14-9-15(23-22-14)18(28)24-7-4-19(5-8-24)17-13(20-11-21-17)3-6-25(19)16(27)10-29-2/h11,14-15,22-23H,3-10H2,1-2H3,(H,20,21). The van der Waals surface area contributed by atoms with Crippen molar-refractivity contribution in [1.82, 2.24) is 30.6 Å². The molecule has 158 valence electrons. The largest absolute Gasteiger partial charge is 0.375 e. The predicted molar refractivity (Wildman–Crippen MR) is 103 cm³/mol. The summed E-state index contributed by atoms with van der Waals surface area (Å²) in [7, 11) is 1.52. The number of ketones is 1. The fourth-order valence-corrected chi connectivity index (χ4v) is 4.85. The Morgan fingerprint density at radius 3 is 2.59 bits per heavy atom. The van der Waals surface area contributed by atoms with Gasteiger partial charge in [-0.3, -0.25) is 14.4 Å². The number of H-pyrrole nitrogens is 1. The second kappa shape index (κ2) is 7.85. The average molecular weight is 404 g/mol.